The van der Waals surface area contributed by atoms with Crippen molar-refractivity contribution in [1.29, 1.82) is 0 Å². The van der Waals surface area contributed by atoms with E-state index < -0.39 is 59.9 Å². The van der Waals surface area contributed by atoms with Crippen molar-refractivity contribution in [2.45, 2.75) is 75.7 Å². The van der Waals surface area contributed by atoms with E-state index in [4.69, 9.17) is 17.2 Å². The number of amides is 4. The van der Waals surface area contributed by atoms with Crippen LogP contribution in [0.15, 0.2) is 30.3 Å². The molecule has 0 aromatic heterocycles. The standard InChI is InChI=1S/C24H38N6O7/c1-14(31)20(27)23(35)30-18(13-15-7-3-2-4-8-15)22(34)28-16(9-5-6-12-25)21(33)29-17(24(36)37)10-11-19(26)32/h2-4,7-8,14,16-18,20,31H,5-6,9-13,25,27H2,1H3,(H2,26,32)(H,28,34)(H,29,33)(H,30,35)(H,36,37). The highest BCUT2D eigenvalue weighted by atomic mass is 16.4. The van der Waals surface area contributed by atoms with Crippen LogP contribution in [0.4, 0.5) is 0 Å². The molecule has 1 aromatic carbocycles. The molecule has 0 saturated heterocycles. The van der Waals surface area contributed by atoms with Gasteiger partial charge in [0.15, 0.2) is 0 Å². The van der Waals surface area contributed by atoms with E-state index >= 15 is 0 Å². The fourth-order valence-corrected chi connectivity index (χ4v) is 3.40. The molecule has 0 aliphatic carbocycles. The van der Waals surface area contributed by atoms with E-state index in [0.717, 1.165) is 5.56 Å². The van der Waals surface area contributed by atoms with Gasteiger partial charge in [0.1, 0.15) is 24.2 Å². The zero-order chi connectivity index (χ0) is 28.0. The summed E-state index contributed by atoms with van der Waals surface area (Å²) >= 11 is 0. The molecule has 1 aromatic rings. The number of hydrogen-bond donors (Lipinski definition) is 8. The Hall–Kier alpha value is -3.55. The highest BCUT2D eigenvalue weighted by Crippen LogP contribution is 2.08. The minimum Gasteiger partial charge on any atom is -0.480 e. The Morgan fingerprint density at radius 1 is 0.865 bits per heavy atom. The minimum absolute atomic E-state index is 0.0679. The van der Waals surface area contributed by atoms with Crippen LogP contribution in [0.1, 0.15) is 44.6 Å². The second kappa shape index (κ2) is 16.2. The van der Waals surface area contributed by atoms with Gasteiger partial charge in [-0.3, -0.25) is 19.2 Å². The number of aliphatic hydroxyl groups is 1. The number of carbonyl (C=O) groups excluding carboxylic acids is 4. The summed E-state index contributed by atoms with van der Waals surface area (Å²) < 4.78 is 0. The molecule has 0 spiro atoms. The predicted molar refractivity (Wildman–Crippen MR) is 135 cm³/mol. The molecule has 0 aliphatic heterocycles. The Labute approximate surface area is 215 Å². The molecule has 0 aliphatic rings. The number of carboxylic acid groups (broad SMARTS) is 1. The average Bonchev–Trinajstić information content (AvgIpc) is 2.85. The van der Waals surface area contributed by atoms with Crippen molar-refractivity contribution in [1.82, 2.24) is 16.0 Å². The van der Waals surface area contributed by atoms with Crippen molar-refractivity contribution in [2.75, 3.05) is 6.54 Å². The first-order valence-corrected chi connectivity index (χ1v) is 12.1. The molecule has 0 fully saturated rings. The zero-order valence-corrected chi connectivity index (χ0v) is 20.9. The van der Waals surface area contributed by atoms with Crippen molar-refractivity contribution in [3.63, 3.8) is 0 Å². The number of rotatable bonds is 17. The van der Waals surface area contributed by atoms with Crippen molar-refractivity contribution >= 4 is 29.6 Å². The largest absolute Gasteiger partial charge is 0.480 e. The summed E-state index contributed by atoms with van der Waals surface area (Å²) in [5.41, 5.74) is 17.0. The maximum absolute atomic E-state index is 13.2. The SMILES string of the molecule is CC(O)C(N)C(=O)NC(Cc1ccccc1)C(=O)NC(CCCCN)C(=O)NC(CCC(N)=O)C(=O)O. The van der Waals surface area contributed by atoms with Crippen LogP contribution < -0.4 is 33.2 Å². The number of nitrogens with two attached hydrogens (primary N) is 3. The number of hydrogen-bond acceptors (Lipinski definition) is 8. The van der Waals surface area contributed by atoms with Crippen molar-refractivity contribution in [3.05, 3.63) is 35.9 Å². The van der Waals surface area contributed by atoms with Crippen LogP contribution in [0.3, 0.4) is 0 Å². The van der Waals surface area contributed by atoms with Gasteiger partial charge in [0.05, 0.1) is 6.10 Å². The molecule has 0 saturated carbocycles. The van der Waals surface area contributed by atoms with E-state index in [0.29, 0.717) is 19.4 Å². The summed E-state index contributed by atoms with van der Waals surface area (Å²) in [5, 5.41) is 26.5. The second-order valence-electron chi connectivity index (χ2n) is 8.77. The van der Waals surface area contributed by atoms with Gasteiger partial charge in [-0.15, -0.1) is 0 Å². The topological polar surface area (TPSA) is 240 Å². The van der Waals surface area contributed by atoms with Crippen LogP contribution in [0, 0.1) is 0 Å². The molecule has 0 radical (unpaired) electrons. The molecule has 1 rings (SSSR count). The molecular formula is C24H38N6O7. The fraction of sp³-hybridized carbons (Fsp3) is 0.542. The lowest BCUT2D eigenvalue weighted by Crippen LogP contribution is -2.58. The van der Waals surface area contributed by atoms with Crippen LogP contribution in [0.2, 0.25) is 0 Å². The third-order valence-corrected chi connectivity index (χ3v) is 5.61. The first-order valence-electron chi connectivity index (χ1n) is 12.1. The van der Waals surface area contributed by atoms with E-state index in [2.05, 4.69) is 16.0 Å². The number of unbranched alkanes of at least 4 members (excludes halogenated alkanes) is 1. The minimum atomic E-state index is -1.39. The molecule has 37 heavy (non-hydrogen) atoms. The van der Waals surface area contributed by atoms with Crippen LogP contribution in [0.5, 0.6) is 0 Å². The van der Waals surface area contributed by atoms with E-state index in [1.165, 1.54) is 6.92 Å². The Kier molecular flexibility index (Phi) is 13.8. The van der Waals surface area contributed by atoms with Crippen LogP contribution in [-0.2, 0) is 30.4 Å². The summed E-state index contributed by atoms with van der Waals surface area (Å²) in [6, 6.07) is 3.85. The first-order chi connectivity index (χ1) is 17.5. The van der Waals surface area contributed by atoms with Gasteiger partial charge in [0.2, 0.25) is 23.6 Å². The summed E-state index contributed by atoms with van der Waals surface area (Å²) in [6.07, 6.45) is -0.411. The number of benzene rings is 1. The number of nitrogens with one attached hydrogen (secondary N) is 3. The fourth-order valence-electron chi connectivity index (χ4n) is 3.40. The molecule has 0 heterocycles. The average molecular weight is 523 g/mol. The van der Waals surface area contributed by atoms with Gasteiger partial charge < -0.3 is 43.4 Å². The lowest BCUT2D eigenvalue weighted by molar-refractivity contribution is -0.142. The molecule has 0 bridgehead atoms. The molecule has 13 heteroatoms. The monoisotopic (exact) mass is 522 g/mol. The molecule has 11 N–H and O–H groups in total. The molecule has 5 unspecified atom stereocenters. The summed E-state index contributed by atoms with van der Waals surface area (Å²) in [6.45, 7) is 1.69. The van der Waals surface area contributed by atoms with Gasteiger partial charge in [-0.1, -0.05) is 30.3 Å². The van der Waals surface area contributed by atoms with Crippen molar-refractivity contribution in [2.24, 2.45) is 17.2 Å². The first kappa shape index (κ1) is 31.5. The molecule has 4 amide bonds. The maximum Gasteiger partial charge on any atom is 0.326 e. The van der Waals surface area contributed by atoms with Crippen LogP contribution in [0.25, 0.3) is 0 Å². The van der Waals surface area contributed by atoms with Gasteiger partial charge in [-0.25, -0.2) is 4.79 Å². The third kappa shape index (κ3) is 11.8. The zero-order valence-electron chi connectivity index (χ0n) is 20.9. The number of carboxylic acids is 1. The van der Waals surface area contributed by atoms with E-state index in [9.17, 15) is 34.2 Å². The molecule has 5 atom stereocenters. The number of aliphatic hydroxyl groups excluding tert-OH is 1. The highest BCUT2D eigenvalue weighted by Gasteiger charge is 2.31. The van der Waals surface area contributed by atoms with Gasteiger partial charge >= 0.3 is 5.97 Å². The quantitative estimate of drug-likeness (QED) is 0.104. The summed E-state index contributed by atoms with van der Waals surface area (Å²) in [5.74, 6) is -4.31. The van der Waals surface area contributed by atoms with Gasteiger partial charge in [-0.2, -0.15) is 0 Å². The smallest absolute Gasteiger partial charge is 0.326 e. The Morgan fingerprint density at radius 2 is 1.43 bits per heavy atom. The van der Waals surface area contributed by atoms with E-state index in [1.54, 1.807) is 30.3 Å². The number of carbonyl (C=O) groups is 5. The van der Waals surface area contributed by atoms with Crippen LogP contribution >= 0.6 is 0 Å². The molecule has 206 valence electrons. The normalized spacial score (nSPS) is 14.9. The van der Waals surface area contributed by atoms with E-state index in [-0.39, 0.29) is 25.7 Å². The molecule has 13 nitrogen and oxygen atoms in total. The van der Waals surface area contributed by atoms with Crippen molar-refractivity contribution in [3.8, 4) is 0 Å². The van der Waals surface area contributed by atoms with E-state index in [1.807, 2.05) is 0 Å². The van der Waals surface area contributed by atoms with Crippen LogP contribution in [-0.4, -0.2) is 76.6 Å². The lowest BCUT2D eigenvalue weighted by atomic mass is 10.0. The summed E-state index contributed by atoms with van der Waals surface area (Å²) in [4.78, 5) is 61.3. The number of primary amides is 1. The summed E-state index contributed by atoms with van der Waals surface area (Å²) in [7, 11) is 0. The third-order valence-electron chi connectivity index (χ3n) is 5.61. The van der Waals surface area contributed by atoms with Gasteiger partial charge in [0.25, 0.3) is 0 Å². The molecular weight excluding hydrogens is 484 g/mol. The second-order valence-corrected chi connectivity index (χ2v) is 8.77. The van der Waals surface area contributed by atoms with Gasteiger partial charge in [-0.05, 0) is 44.7 Å². The Bertz CT molecular complexity index is 912. The maximum atomic E-state index is 13.2. The number of aliphatic carboxylic acids is 1. The predicted octanol–water partition coefficient (Wildman–Crippen LogP) is -2.13. The van der Waals surface area contributed by atoms with Gasteiger partial charge in [0, 0.05) is 12.8 Å². The lowest BCUT2D eigenvalue weighted by Gasteiger charge is -2.26. The highest BCUT2D eigenvalue weighted by molar-refractivity contribution is 5.94. The Morgan fingerprint density at radius 3 is 1.97 bits per heavy atom. The van der Waals surface area contributed by atoms with Crippen molar-refractivity contribution < 1.29 is 34.2 Å². The Balaban J connectivity index is 3.10.